The molecule has 0 aliphatic carbocycles. The van der Waals surface area contributed by atoms with Crippen LogP contribution >= 0.6 is 0 Å². The molecule has 6 nitrogen and oxygen atoms in total. The summed E-state index contributed by atoms with van der Waals surface area (Å²) < 4.78 is 4.50. The number of aliphatic carboxylic acids is 2. The minimum absolute atomic E-state index is 0.188. The zero-order valence-electron chi connectivity index (χ0n) is 12.7. The Morgan fingerprint density at radius 2 is 1.32 bits per heavy atom. The third kappa shape index (κ3) is 11.5. The molecule has 0 heterocycles. The number of rotatable bonds is 8. The maximum Gasteiger partial charge on any atom is 0.337 e. The van der Waals surface area contributed by atoms with Crippen molar-refractivity contribution < 1.29 is 29.3 Å². The molecule has 1 aromatic rings. The van der Waals surface area contributed by atoms with Crippen LogP contribution in [-0.2, 0) is 14.3 Å². The lowest BCUT2D eigenvalue weighted by molar-refractivity contribution is -0.138. The molecule has 0 saturated carbocycles. The molecular weight excluding hydrogens is 288 g/mol. The molecule has 0 bridgehead atoms. The summed E-state index contributed by atoms with van der Waals surface area (Å²) in [4.78, 5) is 30.9. The molecule has 6 heteroatoms. The number of hydrogen-bond donors (Lipinski definition) is 2. The number of benzene rings is 1. The number of carboxylic acid groups (broad SMARTS) is 2. The Labute approximate surface area is 129 Å². The zero-order chi connectivity index (χ0) is 16.8. The number of carbonyl (C=O) groups excluding carboxylic acids is 1. The summed E-state index contributed by atoms with van der Waals surface area (Å²) in [7, 11) is 1.37. The average Bonchev–Trinajstić information content (AvgIpc) is 2.51. The third-order valence-electron chi connectivity index (χ3n) is 2.73. The first-order chi connectivity index (χ1) is 10.5. The number of carboxylic acids is 2. The van der Waals surface area contributed by atoms with Crippen molar-refractivity contribution in [3.63, 3.8) is 0 Å². The van der Waals surface area contributed by atoms with Gasteiger partial charge >= 0.3 is 17.9 Å². The smallest absolute Gasteiger partial charge is 0.337 e. The summed E-state index contributed by atoms with van der Waals surface area (Å²) in [5, 5.41) is 16.5. The number of carbonyl (C=O) groups is 3. The average molecular weight is 310 g/mol. The first-order valence-corrected chi connectivity index (χ1v) is 7.04. The maximum absolute atomic E-state index is 10.8. The fourth-order valence-corrected chi connectivity index (χ4v) is 1.60. The minimum atomic E-state index is -0.784. The Morgan fingerprint density at radius 3 is 1.68 bits per heavy atom. The SMILES string of the molecule is COC(=O)c1ccccc1.O=C(O)CCCCCCC(=O)O. The fraction of sp³-hybridized carbons (Fsp3) is 0.438. The number of esters is 1. The Bertz CT molecular complexity index is 437. The van der Waals surface area contributed by atoms with Gasteiger partial charge in [0.1, 0.15) is 0 Å². The van der Waals surface area contributed by atoms with Crippen molar-refractivity contribution in [2.24, 2.45) is 0 Å². The highest BCUT2D eigenvalue weighted by atomic mass is 16.5. The molecule has 0 amide bonds. The molecular formula is C16H22O6. The van der Waals surface area contributed by atoms with Gasteiger partial charge in [0.25, 0.3) is 0 Å². The molecule has 122 valence electrons. The molecule has 0 saturated heterocycles. The van der Waals surface area contributed by atoms with Crippen LogP contribution in [0.5, 0.6) is 0 Å². The predicted octanol–water partition coefficient (Wildman–Crippen LogP) is 2.97. The number of ether oxygens (including phenoxy) is 1. The van der Waals surface area contributed by atoms with Crippen LogP contribution < -0.4 is 0 Å². The van der Waals surface area contributed by atoms with Crippen molar-refractivity contribution in [1.29, 1.82) is 0 Å². The van der Waals surface area contributed by atoms with Crippen LogP contribution in [0, 0.1) is 0 Å². The van der Waals surface area contributed by atoms with Gasteiger partial charge in [-0.1, -0.05) is 31.0 Å². The minimum Gasteiger partial charge on any atom is -0.481 e. The summed E-state index contributed by atoms with van der Waals surface area (Å²) in [6.45, 7) is 0. The van der Waals surface area contributed by atoms with Crippen LogP contribution in [0.2, 0.25) is 0 Å². The monoisotopic (exact) mass is 310 g/mol. The highest BCUT2D eigenvalue weighted by molar-refractivity contribution is 5.89. The molecule has 1 aromatic carbocycles. The molecule has 0 unspecified atom stereocenters. The van der Waals surface area contributed by atoms with Crippen LogP contribution in [0.1, 0.15) is 48.9 Å². The van der Waals surface area contributed by atoms with E-state index in [0.29, 0.717) is 18.4 Å². The van der Waals surface area contributed by atoms with Gasteiger partial charge in [0.15, 0.2) is 0 Å². The second kappa shape index (κ2) is 12.4. The van der Waals surface area contributed by atoms with E-state index < -0.39 is 11.9 Å². The van der Waals surface area contributed by atoms with Gasteiger partial charge in [-0.05, 0) is 25.0 Å². The molecule has 0 aliphatic rings. The molecule has 0 aliphatic heterocycles. The molecule has 1 rings (SSSR count). The van der Waals surface area contributed by atoms with Crippen LogP contribution in [0.4, 0.5) is 0 Å². The van der Waals surface area contributed by atoms with Gasteiger partial charge in [-0.3, -0.25) is 9.59 Å². The highest BCUT2D eigenvalue weighted by Crippen LogP contribution is 2.04. The van der Waals surface area contributed by atoms with Crippen molar-refractivity contribution >= 4 is 17.9 Å². The van der Waals surface area contributed by atoms with Crippen molar-refractivity contribution in [3.8, 4) is 0 Å². The lowest BCUT2D eigenvalue weighted by Gasteiger charge is -1.96. The molecule has 0 atom stereocenters. The zero-order valence-corrected chi connectivity index (χ0v) is 12.7. The second-order valence-corrected chi connectivity index (χ2v) is 4.56. The molecule has 0 aromatic heterocycles. The van der Waals surface area contributed by atoms with Crippen LogP contribution in [-0.4, -0.2) is 35.2 Å². The Balaban J connectivity index is 0.000000406. The maximum atomic E-state index is 10.8. The van der Waals surface area contributed by atoms with E-state index in [2.05, 4.69) is 4.74 Å². The second-order valence-electron chi connectivity index (χ2n) is 4.56. The van der Waals surface area contributed by atoms with Gasteiger partial charge in [-0.15, -0.1) is 0 Å². The van der Waals surface area contributed by atoms with Gasteiger partial charge in [-0.2, -0.15) is 0 Å². The summed E-state index contributed by atoms with van der Waals surface area (Å²) >= 11 is 0. The van der Waals surface area contributed by atoms with Gasteiger partial charge in [0.2, 0.25) is 0 Å². The number of unbranched alkanes of at least 4 members (excludes halogenated alkanes) is 3. The number of methoxy groups -OCH3 is 1. The predicted molar refractivity (Wildman–Crippen MR) is 80.8 cm³/mol. The summed E-state index contributed by atoms with van der Waals surface area (Å²) in [6.07, 6.45) is 3.28. The molecule has 22 heavy (non-hydrogen) atoms. The first-order valence-electron chi connectivity index (χ1n) is 7.04. The lowest BCUT2D eigenvalue weighted by atomic mass is 10.1. The standard InChI is InChI=1S/C8H14O4.C8H8O2/c9-7(10)5-3-1-2-4-6-8(11)12;1-10-8(9)7-5-3-2-4-6-7/h1-6H2,(H,9,10)(H,11,12);2-6H,1H3. The molecule has 0 fully saturated rings. The van der Waals surface area contributed by atoms with Crippen molar-refractivity contribution in [3.05, 3.63) is 35.9 Å². The largest absolute Gasteiger partial charge is 0.481 e. The van der Waals surface area contributed by atoms with Crippen molar-refractivity contribution in [1.82, 2.24) is 0 Å². The van der Waals surface area contributed by atoms with Gasteiger partial charge in [0.05, 0.1) is 12.7 Å². The van der Waals surface area contributed by atoms with Crippen LogP contribution in [0.25, 0.3) is 0 Å². The van der Waals surface area contributed by atoms with Gasteiger partial charge in [-0.25, -0.2) is 4.79 Å². The van der Waals surface area contributed by atoms with Crippen LogP contribution in [0.3, 0.4) is 0 Å². The van der Waals surface area contributed by atoms with E-state index in [1.807, 2.05) is 6.07 Å². The lowest BCUT2D eigenvalue weighted by Crippen LogP contribution is -1.99. The van der Waals surface area contributed by atoms with E-state index in [-0.39, 0.29) is 18.8 Å². The first kappa shape index (κ1) is 19.6. The van der Waals surface area contributed by atoms with E-state index in [9.17, 15) is 14.4 Å². The summed E-state index contributed by atoms with van der Waals surface area (Å²) in [5.74, 6) is -1.86. The van der Waals surface area contributed by atoms with Crippen molar-refractivity contribution in [2.75, 3.05) is 7.11 Å². The Hall–Kier alpha value is -2.37. The topological polar surface area (TPSA) is 101 Å². The Kier molecular flexibility index (Phi) is 11.0. The molecule has 0 radical (unpaired) electrons. The van der Waals surface area contributed by atoms with E-state index >= 15 is 0 Å². The summed E-state index contributed by atoms with van der Waals surface area (Å²) in [5.41, 5.74) is 0.588. The third-order valence-corrected chi connectivity index (χ3v) is 2.73. The normalized spacial score (nSPS) is 9.32. The van der Waals surface area contributed by atoms with E-state index in [1.54, 1.807) is 24.3 Å². The summed E-state index contributed by atoms with van der Waals surface area (Å²) in [6, 6.07) is 8.88. The van der Waals surface area contributed by atoms with Gasteiger partial charge in [0, 0.05) is 12.8 Å². The van der Waals surface area contributed by atoms with E-state index in [0.717, 1.165) is 12.8 Å². The highest BCUT2D eigenvalue weighted by Gasteiger charge is 2.00. The van der Waals surface area contributed by atoms with E-state index in [1.165, 1.54) is 7.11 Å². The fourth-order valence-electron chi connectivity index (χ4n) is 1.60. The van der Waals surface area contributed by atoms with Gasteiger partial charge < -0.3 is 14.9 Å². The number of hydrogen-bond acceptors (Lipinski definition) is 4. The van der Waals surface area contributed by atoms with Crippen molar-refractivity contribution in [2.45, 2.75) is 38.5 Å². The molecule has 2 N–H and O–H groups in total. The quantitative estimate of drug-likeness (QED) is 0.565. The van der Waals surface area contributed by atoms with Crippen LogP contribution in [0.15, 0.2) is 30.3 Å². The molecule has 0 spiro atoms. The van der Waals surface area contributed by atoms with E-state index in [4.69, 9.17) is 10.2 Å². The Morgan fingerprint density at radius 1 is 0.864 bits per heavy atom.